The SMILES string of the molecule is COCCOc1cc2ncnc(Nc3cccc(-c4cn(CCOCCOCCOCCOCCOCCOCCNC(=S)Nc5ccc(CC6CN(CC(=O)O)CCN(CC(=O)O)CCN(CC(=O)O)CCN6CC(=O)O)cc5)nn4)c3)c2cc1OCCOC. The lowest BCUT2D eigenvalue weighted by atomic mass is 10.0. The summed E-state index contributed by atoms with van der Waals surface area (Å²) in [7, 11) is 3.23. The summed E-state index contributed by atoms with van der Waals surface area (Å²) in [6.45, 7) is 7.53. The molecule has 500 valence electrons. The van der Waals surface area contributed by atoms with Crippen molar-refractivity contribution in [3.63, 3.8) is 0 Å². The van der Waals surface area contributed by atoms with Gasteiger partial charge in [-0.05, 0) is 54.5 Å². The molecular weight excluding hydrogens is 1210 g/mol. The van der Waals surface area contributed by atoms with Gasteiger partial charge >= 0.3 is 23.9 Å². The maximum absolute atomic E-state index is 12.1. The van der Waals surface area contributed by atoms with Crippen LogP contribution in [0.3, 0.4) is 0 Å². The van der Waals surface area contributed by atoms with Gasteiger partial charge in [-0.2, -0.15) is 0 Å². The van der Waals surface area contributed by atoms with Crippen molar-refractivity contribution in [2.45, 2.75) is 19.0 Å². The van der Waals surface area contributed by atoms with Gasteiger partial charge in [-0.3, -0.25) is 38.8 Å². The van der Waals surface area contributed by atoms with Crippen LogP contribution in [0.15, 0.2) is 73.2 Å². The molecule has 1 saturated heterocycles. The predicted molar refractivity (Wildman–Crippen MR) is 338 cm³/mol. The number of benzene rings is 3. The van der Waals surface area contributed by atoms with E-state index in [-0.39, 0.29) is 72.0 Å². The minimum absolute atomic E-state index is 0.166. The highest BCUT2D eigenvalue weighted by molar-refractivity contribution is 7.80. The first-order valence-electron chi connectivity index (χ1n) is 29.9. The van der Waals surface area contributed by atoms with E-state index in [1.807, 2.05) is 66.9 Å². The highest BCUT2D eigenvalue weighted by Gasteiger charge is 2.28. The van der Waals surface area contributed by atoms with Gasteiger partial charge in [0.25, 0.3) is 0 Å². The lowest BCUT2D eigenvalue weighted by molar-refractivity contribution is -0.142. The fraction of sp³-hybridized carbons (Fsp3) is 0.550. The lowest BCUT2D eigenvalue weighted by Crippen LogP contribution is -2.53. The third kappa shape index (κ3) is 28.8. The minimum atomic E-state index is -1.08. The van der Waals surface area contributed by atoms with E-state index in [1.54, 1.807) is 38.5 Å². The van der Waals surface area contributed by atoms with Crippen LogP contribution in [0.5, 0.6) is 11.5 Å². The molecule has 1 unspecified atom stereocenters. The van der Waals surface area contributed by atoms with E-state index < -0.39 is 29.9 Å². The van der Waals surface area contributed by atoms with Crippen molar-refractivity contribution in [3.05, 3.63) is 78.8 Å². The van der Waals surface area contributed by atoms with Crippen LogP contribution < -0.4 is 25.4 Å². The highest BCUT2D eigenvalue weighted by atomic mass is 32.1. The number of nitrogens with one attached hydrogen (secondary N) is 3. The number of anilines is 3. The van der Waals surface area contributed by atoms with Crippen LogP contribution in [0.25, 0.3) is 22.2 Å². The Morgan fingerprint density at radius 3 is 1.70 bits per heavy atom. The summed E-state index contributed by atoms with van der Waals surface area (Å²) in [6.07, 6.45) is 3.71. The van der Waals surface area contributed by atoms with Crippen LogP contribution in [0, 0.1) is 0 Å². The average Bonchev–Trinajstić information content (AvgIpc) is 1.08. The maximum Gasteiger partial charge on any atom is 0.317 e. The molecule has 1 aliphatic heterocycles. The summed E-state index contributed by atoms with van der Waals surface area (Å²) in [5.41, 5.74) is 4.60. The normalized spacial score (nSPS) is 14.8. The maximum atomic E-state index is 12.1. The first-order valence-corrected chi connectivity index (χ1v) is 30.3. The van der Waals surface area contributed by atoms with Crippen molar-refractivity contribution in [2.24, 2.45) is 0 Å². The van der Waals surface area contributed by atoms with E-state index in [9.17, 15) is 39.6 Å². The smallest absolute Gasteiger partial charge is 0.317 e. The largest absolute Gasteiger partial charge is 0.487 e. The molecule has 5 aromatic rings. The molecule has 1 fully saturated rings. The summed E-state index contributed by atoms with van der Waals surface area (Å²) in [5.74, 6) is -2.60. The van der Waals surface area contributed by atoms with Crippen LogP contribution in [-0.4, -0.2) is 298 Å². The number of carboxylic acids is 4. The Bertz CT molecular complexity index is 2970. The van der Waals surface area contributed by atoms with Crippen LogP contribution in [0.1, 0.15) is 5.56 Å². The van der Waals surface area contributed by atoms with E-state index in [4.69, 9.17) is 59.6 Å². The number of ether oxygens (including phenoxy) is 10. The number of thiocarbonyl (C=S) groups is 1. The van der Waals surface area contributed by atoms with E-state index in [2.05, 4.69) is 36.2 Å². The molecule has 1 atom stereocenters. The second-order valence-electron chi connectivity index (χ2n) is 20.7. The topological polar surface area (TPSA) is 347 Å². The summed E-state index contributed by atoms with van der Waals surface area (Å²) in [4.78, 5) is 63.1. The minimum Gasteiger partial charge on any atom is -0.487 e. The number of aliphatic carboxylic acids is 4. The molecule has 3 aromatic carbocycles. The predicted octanol–water partition coefficient (Wildman–Crippen LogP) is 2.24. The highest BCUT2D eigenvalue weighted by Crippen LogP contribution is 2.35. The number of carboxylic acid groups (broad SMARTS) is 4. The number of hydrogen-bond acceptors (Lipinski definition) is 24. The van der Waals surface area contributed by atoms with Gasteiger partial charge < -0.3 is 83.7 Å². The fourth-order valence-corrected chi connectivity index (χ4v) is 9.64. The monoisotopic (exact) mass is 1290 g/mol. The van der Waals surface area contributed by atoms with Gasteiger partial charge in [0.1, 0.15) is 31.1 Å². The zero-order valence-corrected chi connectivity index (χ0v) is 52.5. The second kappa shape index (κ2) is 41.9. The lowest BCUT2D eigenvalue weighted by Gasteiger charge is -2.37. The molecule has 0 spiro atoms. The van der Waals surface area contributed by atoms with Gasteiger partial charge in [0.2, 0.25) is 0 Å². The van der Waals surface area contributed by atoms with E-state index >= 15 is 0 Å². The van der Waals surface area contributed by atoms with E-state index in [0.29, 0.717) is 165 Å². The van der Waals surface area contributed by atoms with Crippen molar-refractivity contribution in [1.29, 1.82) is 0 Å². The molecule has 91 heavy (non-hydrogen) atoms. The molecular formula is C60H86N12O18S. The molecule has 7 N–H and O–H groups in total. The van der Waals surface area contributed by atoms with Gasteiger partial charge in [0.15, 0.2) is 16.6 Å². The van der Waals surface area contributed by atoms with Crippen molar-refractivity contribution in [2.75, 3.05) is 209 Å². The second-order valence-corrected chi connectivity index (χ2v) is 21.1. The van der Waals surface area contributed by atoms with Gasteiger partial charge in [-0.15, -0.1) is 5.10 Å². The number of carbonyl (C=O) groups is 4. The number of nitrogens with zero attached hydrogens (tertiary/aromatic N) is 9. The molecule has 31 heteroatoms. The zero-order chi connectivity index (χ0) is 64.8. The summed E-state index contributed by atoms with van der Waals surface area (Å²) in [5, 5.41) is 58.2. The number of aromatic nitrogens is 5. The molecule has 0 bridgehead atoms. The molecule has 2 aromatic heterocycles. The number of hydrogen-bond donors (Lipinski definition) is 7. The number of methoxy groups -OCH3 is 2. The summed E-state index contributed by atoms with van der Waals surface area (Å²) >= 11 is 5.48. The average molecular weight is 1300 g/mol. The van der Waals surface area contributed by atoms with Crippen LogP contribution >= 0.6 is 12.2 Å². The number of rotatable bonds is 43. The molecule has 0 saturated carbocycles. The van der Waals surface area contributed by atoms with Gasteiger partial charge in [0.05, 0.1) is 137 Å². The number of fused-ring (bicyclic) bond motifs is 1. The first-order chi connectivity index (χ1) is 44.2. The molecule has 30 nitrogen and oxygen atoms in total. The van der Waals surface area contributed by atoms with Gasteiger partial charge in [-0.25, -0.2) is 14.6 Å². The molecule has 0 radical (unpaired) electrons. The van der Waals surface area contributed by atoms with Crippen molar-refractivity contribution in [3.8, 4) is 22.8 Å². The van der Waals surface area contributed by atoms with Crippen LogP contribution in [-0.2, 0) is 70.0 Å². The van der Waals surface area contributed by atoms with E-state index in [0.717, 1.165) is 22.2 Å². The van der Waals surface area contributed by atoms with Crippen molar-refractivity contribution in [1.82, 2.24) is 49.9 Å². The standard InChI is InChI=1S/C60H86N12O18S/c1-81-20-32-89-53-36-50-51(37-54(53)90-33-21-82-2)62-44-63-59(50)64-48-5-3-4-46(35-48)52-39-72(67-66-52)17-19-84-23-25-86-27-29-88-31-30-87-28-26-85-24-22-83-18-10-61-60(91)65-47-8-6-45(7-9-47)34-49-38-70(42-57(77)78)14-13-68(40-55(73)74)11-12-69(41-56(75)76)15-16-71(49)43-58(79)80/h3-9,35-37,39,44,49H,10-34,38,40-43H2,1-2H3,(H,73,74)(H,75,76)(H,77,78)(H,79,80)(H2,61,65,91)(H,62,63,64). The van der Waals surface area contributed by atoms with Crippen molar-refractivity contribution >= 4 is 69.3 Å². The Morgan fingerprint density at radius 1 is 0.582 bits per heavy atom. The third-order valence-corrected chi connectivity index (χ3v) is 14.1. The van der Waals surface area contributed by atoms with Gasteiger partial charge in [-0.1, -0.05) is 29.5 Å². The Kier molecular flexibility index (Phi) is 33.5. The Morgan fingerprint density at radius 2 is 1.12 bits per heavy atom. The summed E-state index contributed by atoms with van der Waals surface area (Å²) in [6, 6.07) is 18.4. The van der Waals surface area contributed by atoms with E-state index in [1.165, 1.54) is 6.33 Å². The van der Waals surface area contributed by atoms with Crippen LogP contribution in [0.2, 0.25) is 0 Å². The molecule has 3 heterocycles. The molecule has 6 rings (SSSR count). The zero-order valence-electron chi connectivity index (χ0n) is 51.7. The van der Waals surface area contributed by atoms with Crippen molar-refractivity contribution < 1.29 is 87.0 Å². The first kappa shape index (κ1) is 72.7. The third-order valence-electron chi connectivity index (χ3n) is 13.9. The Balaban J connectivity index is 0.769. The molecule has 1 aliphatic rings. The molecule has 0 amide bonds. The van der Waals surface area contributed by atoms with Gasteiger partial charge in [0, 0.05) is 101 Å². The quantitative estimate of drug-likeness (QED) is 0.0217. The Labute approximate surface area is 533 Å². The fourth-order valence-electron chi connectivity index (χ4n) is 9.42. The molecule has 0 aliphatic carbocycles. The Hall–Kier alpha value is -7.37. The van der Waals surface area contributed by atoms with Crippen LogP contribution in [0.4, 0.5) is 17.2 Å². The summed E-state index contributed by atoms with van der Waals surface area (Å²) < 4.78 is 57.8.